The summed E-state index contributed by atoms with van der Waals surface area (Å²) in [5.41, 5.74) is 1.31. The minimum Gasteiger partial charge on any atom is -0.298 e. The summed E-state index contributed by atoms with van der Waals surface area (Å²) in [4.78, 5) is 5.34. The molecule has 1 aromatic heterocycles. The lowest BCUT2D eigenvalue weighted by atomic mass is 10.0. The molecule has 3 aliphatic rings. The minimum absolute atomic E-state index is 0.155. The van der Waals surface area contributed by atoms with Crippen LogP contribution in [-0.4, -0.2) is 62.2 Å². The fourth-order valence-electron chi connectivity index (χ4n) is 5.58. The molecule has 0 bridgehead atoms. The molecule has 2 aromatic rings. The van der Waals surface area contributed by atoms with Gasteiger partial charge in [0, 0.05) is 32.2 Å². The number of nitrogens with zero attached hydrogens (tertiary/aromatic N) is 6. The lowest BCUT2D eigenvalue weighted by Crippen LogP contribution is -2.51. The van der Waals surface area contributed by atoms with Crippen LogP contribution >= 0.6 is 0 Å². The van der Waals surface area contributed by atoms with Crippen LogP contribution in [0.4, 0.5) is 0 Å². The second-order valence-corrected chi connectivity index (χ2v) is 8.74. The van der Waals surface area contributed by atoms with Gasteiger partial charge in [-0.15, -0.1) is 5.10 Å². The molecule has 2 saturated carbocycles. The number of benzene rings is 1. The van der Waals surface area contributed by atoms with Gasteiger partial charge in [0.25, 0.3) is 0 Å². The Labute approximate surface area is 167 Å². The van der Waals surface area contributed by atoms with Gasteiger partial charge in [-0.05, 0) is 41.7 Å². The molecule has 3 fully saturated rings. The van der Waals surface area contributed by atoms with Crippen molar-refractivity contribution < 1.29 is 0 Å². The van der Waals surface area contributed by atoms with Crippen molar-refractivity contribution >= 4 is 0 Å². The highest BCUT2D eigenvalue weighted by molar-refractivity contribution is 5.25. The van der Waals surface area contributed by atoms with Gasteiger partial charge < -0.3 is 0 Å². The van der Waals surface area contributed by atoms with E-state index in [1.54, 1.807) is 0 Å². The van der Waals surface area contributed by atoms with Crippen LogP contribution in [0.3, 0.4) is 0 Å². The molecule has 0 radical (unpaired) electrons. The predicted octanol–water partition coefficient (Wildman–Crippen LogP) is 3.44. The van der Waals surface area contributed by atoms with Crippen molar-refractivity contribution in [2.45, 2.75) is 69.5 Å². The van der Waals surface area contributed by atoms with E-state index < -0.39 is 0 Å². The van der Waals surface area contributed by atoms with E-state index in [1.807, 2.05) is 0 Å². The zero-order chi connectivity index (χ0) is 18.8. The van der Waals surface area contributed by atoms with Crippen molar-refractivity contribution in [2.24, 2.45) is 0 Å². The molecule has 0 spiro atoms. The number of aromatic nitrogens is 4. The summed E-state index contributed by atoms with van der Waals surface area (Å²) in [5.74, 6) is 1.03. The molecule has 1 atom stereocenters. The highest BCUT2D eigenvalue weighted by Crippen LogP contribution is 2.35. The van der Waals surface area contributed by atoms with Gasteiger partial charge in [0.2, 0.25) is 0 Å². The van der Waals surface area contributed by atoms with Crippen molar-refractivity contribution in [3.8, 4) is 0 Å². The second kappa shape index (κ2) is 8.29. The molecule has 1 aliphatic heterocycles. The Morgan fingerprint density at radius 1 is 0.786 bits per heavy atom. The number of piperazine rings is 1. The van der Waals surface area contributed by atoms with Crippen molar-refractivity contribution in [3.63, 3.8) is 0 Å². The molecular formula is C22H32N6. The number of hydrogen-bond donors (Lipinski definition) is 0. The summed E-state index contributed by atoms with van der Waals surface area (Å²) in [6, 6.07) is 12.3. The first-order valence-corrected chi connectivity index (χ1v) is 11.2. The monoisotopic (exact) mass is 380 g/mol. The van der Waals surface area contributed by atoms with Crippen LogP contribution < -0.4 is 0 Å². The molecule has 1 aromatic carbocycles. The van der Waals surface area contributed by atoms with E-state index in [9.17, 15) is 0 Å². The van der Waals surface area contributed by atoms with Crippen LogP contribution in [0.15, 0.2) is 30.3 Å². The first-order valence-electron chi connectivity index (χ1n) is 11.2. The lowest BCUT2D eigenvalue weighted by molar-refractivity contribution is 0.0765. The van der Waals surface area contributed by atoms with E-state index in [0.717, 1.165) is 25.0 Å². The Morgan fingerprint density at radius 3 is 2.11 bits per heavy atom. The quantitative estimate of drug-likeness (QED) is 0.795. The molecule has 5 rings (SSSR count). The molecule has 6 heteroatoms. The van der Waals surface area contributed by atoms with Gasteiger partial charge in [-0.2, -0.15) is 0 Å². The van der Waals surface area contributed by atoms with Crippen LogP contribution in [0.1, 0.15) is 74.8 Å². The Balaban J connectivity index is 1.40. The van der Waals surface area contributed by atoms with Crippen molar-refractivity contribution in [1.29, 1.82) is 0 Å². The number of hydrogen-bond acceptors (Lipinski definition) is 5. The summed E-state index contributed by atoms with van der Waals surface area (Å²) in [7, 11) is 0. The Kier molecular flexibility index (Phi) is 5.41. The zero-order valence-corrected chi connectivity index (χ0v) is 16.8. The highest BCUT2D eigenvalue weighted by Gasteiger charge is 2.34. The number of tetrazole rings is 1. The molecule has 2 aliphatic carbocycles. The third-order valence-electron chi connectivity index (χ3n) is 7.10. The largest absolute Gasteiger partial charge is 0.298 e. The third kappa shape index (κ3) is 3.60. The van der Waals surface area contributed by atoms with E-state index in [1.165, 1.54) is 70.0 Å². The molecule has 6 nitrogen and oxygen atoms in total. The van der Waals surface area contributed by atoms with Crippen molar-refractivity contribution in [2.75, 3.05) is 26.2 Å². The number of rotatable bonds is 5. The maximum Gasteiger partial charge on any atom is 0.173 e. The van der Waals surface area contributed by atoms with Gasteiger partial charge in [0.15, 0.2) is 5.82 Å². The summed E-state index contributed by atoms with van der Waals surface area (Å²) in [5, 5.41) is 13.1. The lowest BCUT2D eigenvalue weighted by Gasteiger charge is -2.41. The smallest absolute Gasteiger partial charge is 0.173 e. The SMILES string of the molecule is c1ccc([C@@H](c2nnnn2C2CCCC2)N2CCN(C3CCCC3)CC2)cc1. The Bertz CT molecular complexity index is 739. The molecular weight excluding hydrogens is 348 g/mol. The summed E-state index contributed by atoms with van der Waals surface area (Å²) in [6.07, 6.45) is 10.6. The molecule has 150 valence electrons. The van der Waals surface area contributed by atoms with Gasteiger partial charge in [-0.3, -0.25) is 9.80 Å². The normalized spacial score (nSPS) is 24.1. The van der Waals surface area contributed by atoms with Gasteiger partial charge in [-0.25, -0.2) is 4.68 Å². The maximum atomic E-state index is 4.56. The average Bonchev–Trinajstić information content (AvgIpc) is 3.51. The summed E-state index contributed by atoms with van der Waals surface area (Å²) < 4.78 is 2.15. The Hall–Kier alpha value is -1.79. The molecule has 0 unspecified atom stereocenters. The highest BCUT2D eigenvalue weighted by atomic mass is 15.6. The molecule has 1 saturated heterocycles. The van der Waals surface area contributed by atoms with Crippen LogP contribution in [0.5, 0.6) is 0 Å². The third-order valence-corrected chi connectivity index (χ3v) is 7.10. The van der Waals surface area contributed by atoms with Crippen LogP contribution in [-0.2, 0) is 0 Å². The molecule has 28 heavy (non-hydrogen) atoms. The van der Waals surface area contributed by atoms with Gasteiger partial charge in [0.05, 0.1) is 12.1 Å². The van der Waals surface area contributed by atoms with Crippen molar-refractivity contribution in [1.82, 2.24) is 30.0 Å². The van der Waals surface area contributed by atoms with E-state index in [0.29, 0.717) is 6.04 Å². The second-order valence-electron chi connectivity index (χ2n) is 8.74. The molecule has 2 heterocycles. The fraction of sp³-hybridized carbons (Fsp3) is 0.682. The van der Waals surface area contributed by atoms with E-state index in [4.69, 9.17) is 0 Å². The standard InChI is InChI=1S/C22H32N6/c1-2-8-18(9-3-1)21(22-23-24-25-28(22)20-12-6-7-13-20)27-16-14-26(15-17-27)19-10-4-5-11-19/h1-3,8-9,19-21H,4-7,10-17H2/t21-/m0/s1. The minimum atomic E-state index is 0.155. The Morgan fingerprint density at radius 2 is 1.43 bits per heavy atom. The van der Waals surface area contributed by atoms with Crippen molar-refractivity contribution in [3.05, 3.63) is 41.7 Å². The van der Waals surface area contributed by atoms with Crippen LogP contribution in [0.2, 0.25) is 0 Å². The van der Waals surface area contributed by atoms with Gasteiger partial charge in [0.1, 0.15) is 0 Å². The fourth-order valence-corrected chi connectivity index (χ4v) is 5.58. The van der Waals surface area contributed by atoms with Crippen LogP contribution in [0, 0.1) is 0 Å². The zero-order valence-electron chi connectivity index (χ0n) is 16.8. The molecule has 0 amide bonds. The molecule has 0 N–H and O–H groups in total. The van der Waals surface area contributed by atoms with E-state index in [-0.39, 0.29) is 6.04 Å². The first kappa shape index (κ1) is 18.3. The summed E-state index contributed by atoms with van der Waals surface area (Å²) in [6.45, 7) is 4.51. The average molecular weight is 381 g/mol. The van der Waals surface area contributed by atoms with E-state index >= 15 is 0 Å². The predicted molar refractivity (Wildman–Crippen MR) is 109 cm³/mol. The van der Waals surface area contributed by atoms with Gasteiger partial charge in [-0.1, -0.05) is 56.0 Å². The summed E-state index contributed by atoms with van der Waals surface area (Å²) >= 11 is 0. The first-order chi connectivity index (χ1) is 13.9. The van der Waals surface area contributed by atoms with Gasteiger partial charge >= 0.3 is 0 Å². The van der Waals surface area contributed by atoms with E-state index in [2.05, 4.69) is 60.3 Å². The van der Waals surface area contributed by atoms with Crippen LogP contribution in [0.25, 0.3) is 0 Å². The topological polar surface area (TPSA) is 50.1 Å². The maximum absolute atomic E-state index is 4.56.